The highest BCUT2D eigenvalue weighted by molar-refractivity contribution is 7.45. The summed E-state index contributed by atoms with van der Waals surface area (Å²) in [6.45, 7) is 2.19. The molecule has 0 radical (unpaired) electrons. The Bertz CT molecular complexity index is 133. The Balaban J connectivity index is 0.000000187. The molecule has 0 aromatic heterocycles. The van der Waals surface area contributed by atoms with E-state index in [1.807, 2.05) is 5.01 Å². The minimum absolute atomic E-state index is 1.10. The molecule has 0 aromatic rings. The summed E-state index contributed by atoms with van der Waals surface area (Å²) >= 11 is 0. The summed E-state index contributed by atoms with van der Waals surface area (Å²) in [4.78, 5) is 21.6. The van der Waals surface area contributed by atoms with E-state index in [-0.39, 0.29) is 0 Å². The highest BCUT2D eigenvalue weighted by atomic mass is 31.2. The van der Waals surface area contributed by atoms with Crippen LogP contribution in [0.25, 0.3) is 0 Å². The highest BCUT2D eigenvalue weighted by Crippen LogP contribution is 2.25. The van der Waals surface area contributed by atoms with E-state index in [0.29, 0.717) is 0 Å². The first kappa shape index (κ1) is 11.0. The van der Waals surface area contributed by atoms with Crippen LogP contribution in [0, 0.1) is 0 Å². The first-order valence-corrected chi connectivity index (χ1v) is 4.74. The Labute approximate surface area is 64.8 Å². The molecule has 5 N–H and O–H groups in total. The second-order valence-corrected chi connectivity index (χ2v) is 3.28. The van der Waals surface area contributed by atoms with Crippen molar-refractivity contribution in [3.8, 4) is 0 Å². The largest absolute Gasteiger partial charge is 0.466 e. The van der Waals surface area contributed by atoms with E-state index in [2.05, 4.69) is 0 Å². The minimum Gasteiger partial charge on any atom is -0.303 e. The lowest BCUT2D eigenvalue weighted by Gasteiger charge is -2.01. The number of nitrogens with two attached hydrogens (primary N) is 1. The lowest BCUT2D eigenvalue weighted by Crippen LogP contribution is -2.26. The molecule has 0 unspecified atom stereocenters. The maximum atomic E-state index is 8.88. The topological polar surface area (TPSA) is 107 Å². The number of hydrogen-bond donors (Lipinski definition) is 4. The second-order valence-electron chi connectivity index (χ2n) is 2.26. The van der Waals surface area contributed by atoms with Gasteiger partial charge in [0.05, 0.1) is 0 Å². The van der Waals surface area contributed by atoms with Crippen LogP contribution in [0.15, 0.2) is 0 Å². The van der Waals surface area contributed by atoms with Crippen molar-refractivity contribution in [2.75, 3.05) is 13.1 Å². The molecule has 0 aliphatic carbocycles. The zero-order valence-electron chi connectivity index (χ0n) is 6.05. The van der Waals surface area contributed by atoms with Gasteiger partial charge in [0.1, 0.15) is 0 Å². The van der Waals surface area contributed by atoms with Crippen molar-refractivity contribution < 1.29 is 19.2 Å². The molecule has 11 heavy (non-hydrogen) atoms. The average Bonchev–Trinajstić information content (AvgIpc) is 2.12. The molecule has 0 atom stereocenters. The average molecular weight is 184 g/mol. The Morgan fingerprint density at radius 2 is 1.45 bits per heavy atom. The summed E-state index contributed by atoms with van der Waals surface area (Å²) < 4.78 is 8.88. The lowest BCUT2D eigenvalue weighted by molar-refractivity contribution is 0.275. The van der Waals surface area contributed by atoms with Crippen molar-refractivity contribution in [3.05, 3.63) is 0 Å². The molecular formula is C4H13N2O4P. The van der Waals surface area contributed by atoms with Crippen molar-refractivity contribution in [1.82, 2.24) is 5.01 Å². The highest BCUT2D eigenvalue weighted by Gasteiger charge is 2.04. The van der Waals surface area contributed by atoms with Gasteiger partial charge in [-0.1, -0.05) is 0 Å². The van der Waals surface area contributed by atoms with Gasteiger partial charge in [-0.15, -0.1) is 0 Å². The molecule has 0 bridgehead atoms. The molecule has 1 aliphatic rings. The summed E-state index contributed by atoms with van der Waals surface area (Å²) in [6.07, 6.45) is 2.58. The van der Waals surface area contributed by atoms with Gasteiger partial charge in [-0.3, -0.25) is 5.84 Å². The minimum atomic E-state index is -4.64. The molecule has 0 saturated carbocycles. The summed E-state index contributed by atoms with van der Waals surface area (Å²) in [5.41, 5.74) is 0. The summed E-state index contributed by atoms with van der Waals surface area (Å²) in [5.74, 6) is 5.37. The Hall–Kier alpha value is 0.0300. The van der Waals surface area contributed by atoms with Crippen LogP contribution in [0.3, 0.4) is 0 Å². The Kier molecular flexibility index (Phi) is 4.83. The van der Waals surface area contributed by atoms with E-state index >= 15 is 0 Å². The first-order chi connectivity index (χ1) is 4.89. The maximum absolute atomic E-state index is 8.88. The Morgan fingerprint density at radius 1 is 1.18 bits per heavy atom. The first-order valence-electron chi connectivity index (χ1n) is 3.17. The third-order valence-electron chi connectivity index (χ3n) is 1.14. The Morgan fingerprint density at radius 3 is 1.55 bits per heavy atom. The van der Waals surface area contributed by atoms with Crippen molar-refractivity contribution >= 4 is 7.82 Å². The van der Waals surface area contributed by atoms with Crippen molar-refractivity contribution in [3.63, 3.8) is 0 Å². The summed E-state index contributed by atoms with van der Waals surface area (Å²) in [6, 6.07) is 0. The van der Waals surface area contributed by atoms with E-state index in [1.54, 1.807) is 0 Å². The molecule has 1 saturated heterocycles. The van der Waals surface area contributed by atoms with Crippen LogP contribution in [0.1, 0.15) is 12.8 Å². The molecule has 0 spiro atoms. The maximum Gasteiger partial charge on any atom is 0.466 e. The SMILES string of the molecule is NN1CCCC1.O=P(O)(O)O. The quantitative estimate of drug-likeness (QED) is 0.285. The van der Waals surface area contributed by atoms with Gasteiger partial charge in [-0.25, -0.2) is 9.57 Å². The van der Waals surface area contributed by atoms with Crippen LogP contribution in [0.5, 0.6) is 0 Å². The standard InChI is InChI=1S/C4H10N2.H3O4P/c5-6-3-1-2-4-6;1-5(2,3)4/h1-5H2;(H3,1,2,3,4). The molecule has 7 heteroatoms. The molecule has 1 aliphatic heterocycles. The van der Waals surface area contributed by atoms with Gasteiger partial charge in [0.15, 0.2) is 0 Å². The number of hydrogen-bond acceptors (Lipinski definition) is 3. The van der Waals surface area contributed by atoms with Gasteiger partial charge in [0.2, 0.25) is 0 Å². The van der Waals surface area contributed by atoms with E-state index in [4.69, 9.17) is 25.1 Å². The van der Waals surface area contributed by atoms with Gasteiger partial charge in [0.25, 0.3) is 0 Å². The zero-order chi connectivity index (χ0) is 8.91. The van der Waals surface area contributed by atoms with Gasteiger partial charge in [-0.2, -0.15) is 0 Å². The van der Waals surface area contributed by atoms with Crippen LogP contribution in [0.2, 0.25) is 0 Å². The molecule has 0 amide bonds. The van der Waals surface area contributed by atoms with E-state index < -0.39 is 7.82 Å². The molecule has 6 nitrogen and oxygen atoms in total. The third-order valence-corrected chi connectivity index (χ3v) is 1.14. The van der Waals surface area contributed by atoms with Crippen molar-refractivity contribution in [1.29, 1.82) is 0 Å². The molecular weight excluding hydrogens is 171 g/mol. The van der Waals surface area contributed by atoms with Crippen molar-refractivity contribution in [2.45, 2.75) is 12.8 Å². The molecule has 0 aromatic carbocycles. The fourth-order valence-electron chi connectivity index (χ4n) is 0.742. The van der Waals surface area contributed by atoms with Crippen LogP contribution in [-0.4, -0.2) is 32.8 Å². The molecule has 68 valence electrons. The third kappa shape index (κ3) is 13.1. The van der Waals surface area contributed by atoms with E-state index in [9.17, 15) is 0 Å². The van der Waals surface area contributed by atoms with Gasteiger partial charge >= 0.3 is 7.82 Å². The predicted molar refractivity (Wildman–Crippen MR) is 39.3 cm³/mol. The van der Waals surface area contributed by atoms with Gasteiger partial charge < -0.3 is 14.7 Å². The normalized spacial score (nSPS) is 19.3. The fourth-order valence-corrected chi connectivity index (χ4v) is 0.742. The number of rotatable bonds is 0. The zero-order valence-corrected chi connectivity index (χ0v) is 6.94. The van der Waals surface area contributed by atoms with Gasteiger partial charge in [-0.05, 0) is 12.8 Å². The number of phosphoric acid groups is 1. The van der Waals surface area contributed by atoms with Gasteiger partial charge in [0, 0.05) is 13.1 Å². The second kappa shape index (κ2) is 4.82. The van der Waals surface area contributed by atoms with Crippen LogP contribution in [-0.2, 0) is 4.57 Å². The van der Waals surface area contributed by atoms with Crippen LogP contribution in [0.4, 0.5) is 0 Å². The molecule has 1 rings (SSSR count). The van der Waals surface area contributed by atoms with Crippen LogP contribution >= 0.6 is 7.82 Å². The fraction of sp³-hybridized carbons (Fsp3) is 1.00. The van der Waals surface area contributed by atoms with E-state index in [0.717, 1.165) is 13.1 Å². The molecule has 1 fully saturated rings. The van der Waals surface area contributed by atoms with Crippen LogP contribution < -0.4 is 5.84 Å². The summed E-state index contributed by atoms with van der Waals surface area (Å²) in [5, 5.41) is 1.86. The number of hydrazine groups is 1. The predicted octanol–water partition coefficient (Wildman–Crippen LogP) is -0.973. The number of nitrogens with zero attached hydrogens (tertiary/aromatic N) is 1. The lowest BCUT2D eigenvalue weighted by atomic mass is 10.4. The smallest absolute Gasteiger partial charge is 0.303 e. The summed E-state index contributed by atoms with van der Waals surface area (Å²) in [7, 11) is -4.64. The van der Waals surface area contributed by atoms with E-state index in [1.165, 1.54) is 12.8 Å². The van der Waals surface area contributed by atoms with Crippen molar-refractivity contribution in [2.24, 2.45) is 5.84 Å². The molecule has 1 heterocycles. The monoisotopic (exact) mass is 184 g/mol.